The molecule has 1 aliphatic carbocycles. The summed E-state index contributed by atoms with van der Waals surface area (Å²) in [5.41, 5.74) is 6.87. The summed E-state index contributed by atoms with van der Waals surface area (Å²) in [7, 11) is 0. The third kappa shape index (κ3) is 4.18. The van der Waals surface area contributed by atoms with Crippen molar-refractivity contribution >= 4 is 21.8 Å². The molecule has 0 bridgehead atoms. The van der Waals surface area contributed by atoms with E-state index in [2.05, 4.69) is 36.2 Å². The molecule has 0 radical (unpaired) electrons. The smallest absolute Gasteiger partial charge is 0.138 e. The number of aromatic nitrogens is 6. The van der Waals surface area contributed by atoms with E-state index in [-0.39, 0.29) is 11.9 Å². The minimum Gasteiger partial charge on any atom is -0.489 e. The van der Waals surface area contributed by atoms with Crippen LogP contribution in [0.1, 0.15) is 32.1 Å². The highest BCUT2D eigenvalue weighted by atomic mass is 19.1. The van der Waals surface area contributed by atoms with Gasteiger partial charge in [-0.3, -0.25) is 20.1 Å². The lowest BCUT2D eigenvalue weighted by Crippen LogP contribution is -2.19. The number of hydrogen-bond acceptors (Lipinski definition) is 5. The van der Waals surface area contributed by atoms with E-state index >= 15 is 0 Å². The zero-order valence-electron chi connectivity index (χ0n) is 20.6. The predicted molar refractivity (Wildman–Crippen MR) is 145 cm³/mol. The maximum absolute atomic E-state index is 13.5. The Kier molecular flexibility index (Phi) is 5.57. The maximum Gasteiger partial charge on any atom is 0.138 e. The van der Waals surface area contributed by atoms with Gasteiger partial charge in [-0.25, -0.2) is 4.39 Å². The Morgan fingerprint density at radius 2 is 1.63 bits per heavy atom. The van der Waals surface area contributed by atoms with Crippen LogP contribution < -0.4 is 4.74 Å². The lowest BCUT2D eigenvalue weighted by Gasteiger charge is -2.22. The van der Waals surface area contributed by atoms with Crippen molar-refractivity contribution < 1.29 is 9.13 Å². The molecule has 0 unspecified atom stereocenters. The minimum atomic E-state index is -0.266. The summed E-state index contributed by atoms with van der Waals surface area (Å²) in [6, 6.07) is 12.6. The number of hydrogen-bond donors (Lipinski definition) is 2. The molecule has 8 heteroatoms. The van der Waals surface area contributed by atoms with E-state index in [4.69, 9.17) is 4.74 Å². The summed E-state index contributed by atoms with van der Waals surface area (Å²) in [4.78, 5) is 16.9. The van der Waals surface area contributed by atoms with E-state index < -0.39 is 0 Å². The number of nitrogens with zero attached hydrogens (tertiary/aromatic N) is 4. The van der Waals surface area contributed by atoms with Gasteiger partial charge in [-0.2, -0.15) is 5.10 Å². The second-order valence-corrected chi connectivity index (χ2v) is 9.81. The second-order valence-electron chi connectivity index (χ2n) is 9.81. The Bertz CT molecular complexity index is 1750. The molecule has 38 heavy (non-hydrogen) atoms. The van der Waals surface area contributed by atoms with Gasteiger partial charge >= 0.3 is 0 Å². The molecule has 7 rings (SSSR count). The molecule has 1 aromatic carbocycles. The zero-order chi connectivity index (χ0) is 25.5. The number of rotatable bonds is 5. The average Bonchev–Trinajstić information content (AvgIpc) is 3.58. The highest BCUT2D eigenvalue weighted by Gasteiger charge is 2.17. The van der Waals surface area contributed by atoms with Crippen molar-refractivity contribution in [2.75, 3.05) is 0 Å². The number of H-pyrrole nitrogens is 2. The van der Waals surface area contributed by atoms with Crippen molar-refractivity contribution in [1.82, 2.24) is 30.1 Å². The fourth-order valence-electron chi connectivity index (χ4n) is 5.32. The Hall–Kier alpha value is -4.59. The van der Waals surface area contributed by atoms with Gasteiger partial charge in [0.05, 0.1) is 47.1 Å². The Balaban J connectivity index is 1.25. The van der Waals surface area contributed by atoms with Gasteiger partial charge in [0.25, 0.3) is 0 Å². The van der Waals surface area contributed by atoms with Crippen molar-refractivity contribution in [2.45, 2.75) is 38.2 Å². The summed E-state index contributed by atoms with van der Waals surface area (Å²) in [6.45, 7) is 0. The third-order valence-corrected chi connectivity index (χ3v) is 7.27. The zero-order valence-corrected chi connectivity index (χ0v) is 20.6. The molecular formula is C30H25FN6O. The minimum absolute atomic E-state index is 0.257. The van der Waals surface area contributed by atoms with Crippen molar-refractivity contribution in [3.05, 3.63) is 79.3 Å². The molecular weight excluding hydrogens is 479 g/mol. The van der Waals surface area contributed by atoms with E-state index in [0.29, 0.717) is 0 Å². The predicted octanol–water partition coefficient (Wildman–Crippen LogP) is 7.08. The quantitative estimate of drug-likeness (QED) is 0.262. The number of ether oxygens (including phenoxy) is 1. The molecule has 0 spiro atoms. The first-order chi connectivity index (χ1) is 18.7. The number of benzene rings is 1. The van der Waals surface area contributed by atoms with Gasteiger partial charge in [-0.05, 0) is 61.6 Å². The van der Waals surface area contributed by atoms with E-state index in [1.807, 2.05) is 18.3 Å². The van der Waals surface area contributed by atoms with Crippen molar-refractivity contribution in [3.8, 4) is 39.5 Å². The van der Waals surface area contributed by atoms with Crippen LogP contribution in [0.25, 0.3) is 55.6 Å². The van der Waals surface area contributed by atoms with Crippen LogP contribution >= 0.6 is 0 Å². The van der Waals surface area contributed by atoms with Crippen LogP contribution in [0.5, 0.6) is 5.75 Å². The molecule has 7 nitrogen and oxygen atoms in total. The van der Waals surface area contributed by atoms with Gasteiger partial charge in [-0.1, -0.05) is 18.6 Å². The van der Waals surface area contributed by atoms with E-state index in [9.17, 15) is 4.39 Å². The van der Waals surface area contributed by atoms with E-state index in [1.54, 1.807) is 36.9 Å². The Morgan fingerprint density at radius 3 is 2.50 bits per heavy atom. The first-order valence-corrected chi connectivity index (χ1v) is 12.9. The fraction of sp³-hybridized carbons (Fsp3) is 0.200. The molecule has 0 aliphatic heterocycles. The largest absolute Gasteiger partial charge is 0.489 e. The fourth-order valence-corrected chi connectivity index (χ4v) is 5.32. The summed E-state index contributed by atoms with van der Waals surface area (Å²) in [5, 5.41) is 9.63. The molecule has 1 aliphatic rings. The molecule has 5 aromatic heterocycles. The first-order valence-electron chi connectivity index (χ1n) is 12.9. The van der Waals surface area contributed by atoms with Crippen LogP contribution in [-0.2, 0) is 0 Å². The summed E-state index contributed by atoms with van der Waals surface area (Å²) in [6.07, 6.45) is 15.1. The first kappa shape index (κ1) is 22.6. The summed E-state index contributed by atoms with van der Waals surface area (Å²) >= 11 is 0. The summed E-state index contributed by atoms with van der Waals surface area (Å²) in [5.74, 6) is 0.512. The Morgan fingerprint density at radius 1 is 0.789 bits per heavy atom. The standard InChI is InChI=1S/C30H25FN6O/c31-20-8-6-18(7-9-20)25-15-33-16-28-23(25)11-27(35-28)30-24-12-26(34-17-29(24)36-37-30)19-10-22(14-32-13-19)38-21-4-2-1-3-5-21/h6-17,21,35H,1-5H2,(H,36,37). The van der Waals surface area contributed by atoms with Crippen molar-refractivity contribution in [2.24, 2.45) is 0 Å². The molecule has 6 aromatic rings. The number of aromatic amines is 2. The van der Waals surface area contributed by atoms with Crippen LogP contribution in [0.3, 0.4) is 0 Å². The molecule has 188 valence electrons. The molecule has 5 heterocycles. The molecule has 0 amide bonds. The highest BCUT2D eigenvalue weighted by Crippen LogP contribution is 2.35. The van der Waals surface area contributed by atoms with Gasteiger partial charge in [-0.15, -0.1) is 0 Å². The summed E-state index contributed by atoms with van der Waals surface area (Å²) < 4.78 is 19.7. The van der Waals surface area contributed by atoms with Crippen LogP contribution in [0.4, 0.5) is 4.39 Å². The topological polar surface area (TPSA) is 92.4 Å². The van der Waals surface area contributed by atoms with Gasteiger partial charge in [0.15, 0.2) is 0 Å². The van der Waals surface area contributed by atoms with Crippen LogP contribution in [0.15, 0.2) is 73.4 Å². The number of fused-ring (bicyclic) bond motifs is 2. The Labute approximate surface area is 218 Å². The molecule has 1 saturated carbocycles. The van der Waals surface area contributed by atoms with Crippen LogP contribution in [-0.4, -0.2) is 36.2 Å². The van der Waals surface area contributed by atoms with Crippen LogP contribution in [0, 0.1) is 5.82 Å². The van der Waals surface area contributed by atoms with E-state index in [0.717, 1.165) is 74.2 Å². The number of pyridine rings is 3. The van der Waals surface area contributed by atoms with E-state index in [1.165, 1.54) is 31.4 Å². The van der Waals surface area contributed by atoms with Crippen molar-refractivity contribution in [3.63, 3.8) is 0 Å². The van der Waals surface area contributed by atoms with Gasteiger partial charge < -0.3 is 9.72 Å². The molecule has 2 N–H and O–H groups in total. The second kappa shape index (κ2) is 9.37. The number of nitrogens with one attached hydrogen (secondary N) is 2. The molecule has 1 fully saturated rings. The van der Waals surface area contributed by atoms with Gasteiger partial charge in [0, 0.05) is 34.3 Å². The van der Waals surface area contributed by atoms with Crippen LogP contribution in [0.2, 0.25) is 0 Å². The average molecular weight is 505 g/mol. The lowest BCUT2D eigenvalue weighted by atomic mass is 9.98. The lowest BCUT2D eigenvalue weighted by molar-refractivity contribution is 0.154. The SMILES string of the molecule is Fc1ccc(-c2cncc3[nH]c(-c4n[nH]c5cnc(-c6cncc(OC7CCCCC7)c6)cc45)cc23)cc1. The maximum atomic E-state index is 13.5. The van der Waals surface area contributed by atoms with Crippen molar-refractivity contribution in [1.29, 1.82) is 0 Å². The molecule has 0 saturated heterocycles. The molecule has 0 atom stereocenters. The van der Waals surface area contributed by atoms with Gasteiger partial charge in [0.2, 0.25) is 0 Å². The van der Waals surface area contributed by atoms with Gasteiger partial charge in [0.1, 0.15) is 17.3 Å². The highest BCUT2D eigenvalue weighted by molar-refractivity contribution is 6.01. The number of halogens is 1. The third-order valence-electron chi connectivity index (χ3n) is 7.27. The normalized spacial score (nSPS) is 14.3. The monoisotopic (exact) mass is 504 g/mol.